The van der Waals surface area contributed by atoms with Crippen molar-refractivity contribution in [1.82, 2.24) is 0 Å². The van der Waals surface area contributed by atoms with Crippen LogP contribution in [0.2, 0.25) is 0 Å². The Hall–Kier alpha value is -3.65. The van der Waals surface area contributed by atoms with Crippen LogP contribution in [0.1, 0.15) is 29.0 Å². The largest absolute Gasteiger partial charge is 0.456 e. The van der Waals surface area contributed by atoms with Crippen LogP contribution in [0, 0.1) is 0 Å². The SMILES string of the molecule is O=c1c2ccccc2oc2ccc3c(c12)-c1ccccc1C(c1ccccc1)CC3. The Bertz CT molecular complexity index is 1460. The molecule has 1 heterocycles. The molecule has 1 aromatic heterocycles. The predicted octanol–water partition coefficient (Wildman–Crippen LogP) is 6.69. The number of fused-ring (bicyclic) bond motifs is 6. The van der Waals surface area contributed by atoms with Crippen LogP contribution in [0.3, 0.4) is 0 Å². The highest BCUT2D eigenvalue weighted by Crippen LogP contribution is 2.43. The van der Waals surface area contributed by atoms with Crippen molar-refractivity contribution in [2.75, 3.05) is 0 Å². The minimum absolute atomic E-state index is 0.0525. The lowest BCUT2D eigenvalue weighted by atomic mass is 9.85. The first kappa shape index (κ1) is 17.2. The van der Waals surface area contributed by atoms with Gasteiger partial charge in [-0.1, -0.05) is 72.8 Å². The van der Waals surface area contributed by atoms with Crippen molar-refractivity contribution in [2.24, 2.45) is 0 Å². The lowest BCUT2D eigenvalue weighted by Gasteiger charge is -2.18. The van der Waals surface area contributed by atoms with Gasteiger partial charge in [-0.05, 0) is 53.3 Å². The summed E-state index contributed by atoms with van der Waals surface area (Å²) in [5, 5.41) is 1.34. The van der Waals surface area contributed by atoms with Gasteiger partial charge in [0.25, 0.3) is 0 Å². The summed E-state index contributed by atoms with van der Waals surface area (Å²) in [6.45, 7) is 0. The Kier molecular flexibility index (Phi) is 3.85. The van der Waals surface area contributed by atoms with Gasteiger partial charge in [-0.15, -0.1) is 0 Å². The lowest BCUT2D eigenvalue weighted by molar-refractivity contribution is 0.659. The first-order valence-corrected chi connectivity index (χ1v) is 10.4. The van der Waals surface area contributed by atoms with Crippen LogP contribution in [0.15, 0.2) is 100 Å². The maximum absolute atomic E-state index is 13.6. The third kappa shape index (κ3) is 2.54. The van der Waals surface area contributed by atoms with Crippen molar-refractivity contribution in [3.05, 3.63) is 118 Å². The molecule has 2 nitrogen and oxygen atoms in total. The van der Waals surface area contributed by atoms with Gasteiger partial charge in [0.05, 0.1) is 10.8 Å². The number of aryl methyl sites for hydroxylation is 1. The Morgan fingerprint density at radius 2 is 1.50 bits per heavy atom. The number of hydrogen-bond acceptors (Lipinski definition) is 2. The van der Waals surface area contributed by atoms with Crippen molar-refractivity contribution in [3.63, 3.8) is 0 Å². The van der Waals surface area contributed by atoms with Gasteiger partial charge in [0.1, 0.15) is 11.2 Å². The molecule has 0 N–H and O–H groups in total. The predicted molar refractivity (Wildman–Crippen MR) is 122 cm³/mol. The van der Waals surface area contributed by atoms with Gasteiger partial charge >= 0.3 is 0 Å². The summed E-state index contributed by atoms with van der Waals surface area (Å²) in [7, 11) is 0. The molecule has 6 rings (SSSR count). The quantitative estimate of drug-likeness (QED) is 0.299. The molecule has 0 bridgehead atoms. The van der Waals surface area contributed by atoms with E-state index in [4.69, 9.17) is 4.42 Å². The third-order valence-corrected chi connectivity index (χ3v) is 6.34. The van der Waals surface area contributed by atoms with Crippen molar-refractivity contribution >= 4 is 21.9 Å². The summed E-state index contributed by atoms with van der Waals surface area (Å²) in [5.74, 6) is 0.303. The Labute approximate surface area is 174 Å². The van der Waals surface area contributed by atoms with E-state index in [-0.39, 0.29) is 5.43 Å². The van der Waals surface area contributed by atoms with Gasteiger partial charge in [0.2, 0.25) is 5.43 Å². The molecule has 0 fully saturated rings. The second kappa shape index (κ2) is 6.70. The van der Waals surface area contributed by atoms with E-state index < -0.39 is 0 Å². The van der Waals surface area contributed by atoms with E-state index in [1.807, 2.05) is 30.3 Å². The molecule has 144 valence electrons. The molecule has 1 aliphatic rings. The van der Waals surface area contributed by atoms with E-state index in [2.05, 4.69) is 60.7 Å². The molecular weight excluding hydrogens is 368 g/mol. The summed E-state index contributed by atoms with van der Waals surface area (Å²) in [4.78, 5) is 13.6. The highest BCUT2D eigenvalue weighted by Gasteiger charge is 2.26. The van der Waals surface area contributed by atoms with Gasteiger partial charge < -0.3 is 4.42 Å². The normalized spacial score (nSPS) is 15.5. The Balaban J connectivity index is 1.71. The molecule has 0 radical (unpaired) electrons. The fourth-order valence-electron chi connectivity index (χ4n) is 4.96. The molecule has 2 heteroatoms. The maximum atomic E-state index is 13.6. The van der Waals surface area contributed by atoms with Gasteiger partial charge in [-0.25, -0.2) is 0 Å². The van der Waals surface area contributed by atoms with Crippen molar-refractivity contribution in [3.8, 4) is 11.1 Å². The van der Waals surface area contributed by atoms with Gasteiger partial charge in [0, 0.05) is 11.5 Å². The van der Waals surface area contributed by atoms with Gasteiger partial charge in [-0.3, -0.25) is 4.79 Å². The molecular formula is C28H20O2. The molecule has 0 saturated heterocycles. The van der Waals surface area contributed by atoms with E-state index in [9.17, 15) is 4.79 Å². The molecule has 1 unspecified atom stereocenters. The number of hydrogen-bond donors (Lipinski definition) is 0. The smallest absolute Gasteiger partial charge is 0.201 e. The van der Waals surface area contributed by atoms with Crippen LogP contribution in [0.5, 0.6) is 0 Å². The van der Waals surface area contributed by atoms with Crippen LogP contribution >= 0.6 is 0 Å². The van der Waals surface area contributed by atoms with Crippen molar-refractivity contribution in [2.45, 2.75) is 18.8 Å². The molecule has 0 aliphatic heterocycles. The van der Waals surface area contributed by atoms with Crippen LogP contribution < -0.4 is 5.43 Å². The van der Waals surface area contributed by atoms with Gasteiger partial charge in [-0.2, -0.15) is 0 Å². The number of para-hydroxylation sites is 1. The first-order valence-electron chi connectivity index (χ1n) is 10.4. The number of rotatable bonds is 1. The summed E-state index contributed by atoms with van der Waals surface area (Å²) < 4.78 is 6.16. The van der Waals surface area contributed by atoms with Crippen LogP contribution in [-0.2, 0) is 6.42 Å². The van der Waals surface area contributed by atoms with E-state index in [0.717, 1.165) is 24.0 Å². The van der Waals surface area contributed by atoms with Gasteiger partial charge in [0.15, 0.2) is 0 Å². The molecule has 5 aromatic rings. The highest BCUT2D eigenvalue weighted by atomic mass is 16.3. The molecule has 4 aromatic carbocycles. The zero-order chi connectivity index (χ0) is 20.1. The topological polar surface area (TPSA) is 30.2 Å². The molecule has 0 amide bonds. The second-order valence-corrected chi connectivity index (χ2v) is 7.99. The fraction of sp³-hybridized carbons (Fsp3) is 0.107. The molecule has 1 aliphatic carbocycles. The average Bonchev–Trinajstić information content (AvgIpc) is 2.97. The van der Waals surface area contributed by atoms with E-state index >= 15 is 0 Å². The minimum Gasteiger partial charge on any atom is -0.456 e. The molecule has 30 heavy (non-hydrogen) atoms. The van der Waals surface area contributed by atoms with E-state index in [0.29, 0.717) is 27.9 Å². The summed E-state index contributed by atoms with van der Waals surface area (Å²) >= 11 is 0. The zero-order valence-corrected chi connectivity index (χ0v) is 16.5. The summed E-state index contributed by atoms with van der Waals surface area (Å²) in [5.41, 5.74) is 7.35. The van der Waals surface area contributed by atoms with E-state index in [1.165, 1.54) is 16.7 Å². The van der Waals surface area contributed by atoms with Crippen LogP contribution in [-0.4, -0.2) is 0 Å². The van der Waals surface area contributed by atoms with Crippen LogP contribution in [0.4, 0.5) is 0 Å². The number of benzene rings is 4. The molecule has 0 saturated carbocycles. The highest BCUT2D eigenvalue weighted by molar-refractivity contribution is 6.01. The average molecular weight is 388 g/mol. The third-order valence-electron chi connectivity index (χ3n) is 6.34. The zero-order valence-electron chi connectivity index (χ0n) is 16.5. The summed E-state index contributed by atoms with van der Waals surface area (Å²) in [6, 6.07) is 30.8. The summed E-state index contributed by atoms with van der Waals surface area (Å²) in [6.07, 6.45) is 1.93. The molecule has 1 atom stereocenters. The molecule has 0 spiro atoms. The maximum Gasteiger partial charge on any atom is 0.201 e. The first-order chi connectivity index (χ1) is 14.8. The lowest BCUT2D eigenvalue weighted by Crippen LogP contribution is -2.05. The Morgan fingerprint density at radius 3 is 2.40 bits per heavy atom. The van der Waals surface area contributed by atoms with E-state index in [1.54, 1.807) is 0 Å². The van der Waals surface area contributed by atoms with Crippen LogP contribution in [0.25, 0.3) is 33.1 Å². The fourth-order valence-corrected chi connectivity index (χ4v) is 4.96. The Morgan fingerprint density at radius 1 is 0.733 bits per heavy atom. The van der Waals surface area contributed by atoms with Crippen molar-refractivity contribution in [1.29, 1.82) is 0 Å². The standard InChI is InChI=1S/C28H20O2/c29-28-23-12-6-7-13-24(23)30-25-17-15-19-14-16-20(18-8-2-1-3-9-18)21-10-4-5-11-22(21)26(19)27(25)28/h1-13,15,17,20H,14,16H2. The van der Waals surface area contributed by atoms with Crippen molar-refractivity contribution < 1.29 is 4.42 Å². The monoisotopic (exact) mass is 388 g/mol. The minimum atomic E-state index is 0.0525. The second-order valence-electron chi connectivity index (χ2n) is 7.99.